The van der Waals surface area contributed by atoms with Gasteiger partial charge < -0.3 is 14.5 Å². The fraction of sp³-hybridized carbons (Fsp3) is 0.515. The van der Waals surface area contributed by atoms with Gasteiger partial charge in [0.15, 0.2) is 15.6 Å². The zero-order valence-corrected chi connectivity index (χ0v) is 28.3. The van der Waals surface area contributed by atoms with Crippen LogP contribution in [0.1, 0.15) is 73.4 Å². The summed E-state index contributed by atoms with van der Waals surface area (Å²) in [6, 6.07) is 3.03. The van der Waals surface area contributed by atoms with Crippen molar-refractivity contribution in [1.29, 1.82) is 0 Å². The van der Waals surface area contributed by atoms with Gasteiger partial charge in [-0.2, -0.15) is 39.5 Å². The van der Waals surface area contributed by atoms with Crippen LogP contribution in [0.4, 0.5) is 51.1 Å². The van der Waals surface area contributed by atoms with Crippen molar-refractivity contribution in [3.63, 3.8) is 0 Å². The van der Waals surface area contributed by atoms with Crippen LogP contribution in [0.3, 0.4) is 0 Å². The van der Waals surface area contributed by atoms with Gasteiger partial charge in [0.25, 0.3) is 0 Å². The smallest absolute Gasteiger partial charge is 0.416 e. The molecule has 1 aromatic heterocycles. The molecule has 1 atom stereocenters. The third-order valence-electron chi connectivity index (χ3n) is 8.58. The highest BCUT2D eigenvalue weighted by atomic mass is 32.2. The summed E-state index contributed by atoms with van der Waals surface area (Å²) >= 11 is 0. The number of hydrogen-bond donors (Lipinski definition) is 0. The van der Waals surface area contributed by atoms with Crippen LogP contribution in [0.5, 0.6) is 5.75 Å². The molecule has 0 spiro atoms. The standard InChI is InChI=1S/C33H37F9N4O3S/c1-4-45(19-22-7-5-6-8-22)29-16-25(31(34,35)36)10-9-23(29)20-46(30-43-17-28(18-44-30)49-11-12-50(3,47)48)21(2)24-13-26(32(37,38)39)15-27(14-24)33(40,41)42/h9-10,13-18,21-22H,4-8,11-12,19-20H2,1-3H3. The van der Waals surface area contributed by atoms with E-state index in [1.807, 2.05) is 0 Å². The number of hydrogen-bond acceptors (Lipinski definition) is 7. The lowest BCUT2D eigenvalue weighted by molar-refractivity contribution is -0.143. The Morgan fingerprint density at radius 1 is 0.860 bits per heavy atom. The molecule has 1 heterocycles. The van der Waals surface area contributed by atoms with Gasteiger partial charge in [0.1, 0.15) is 6.61 Å². The Hall–Kier alpha value is -3.76. The van der Waals surface area contributed by atoms with Crippen LogP contribution in [0.2, 0.25) is 0 Å². The quantitative estimate of drug-likeness (QED) is 0.162. The Kier molecular flexibility index (Phi) is 11.9. The lowest BCUT2D eigenvalue weighted by atomic mass is 9.98. The molecule has 1 unspecified atom stereocenters. The molecule has 17 heteroatoms. The first-order chi connectivity index (χ1) is 23.2. The summed E-state index contributed by atoms with van der Waals surface area (Å²) in [6.07, 6.45) is -7.82. The molecule has 276 valence electrons. The first-order valence-corrected chi connectivity index (χ1v) is 17.9. The van der Waals surface area contributed by atoms with Crippen molar-refractivity contribution in [3.8, 4) is 5.75 Å². The fourth-order valence-electron chi connectivity index (χ4n) is 5.88. The Balaban J connectivity index is 1.83. The summed E-state index contributed by atoms with van der Waals surface area (Å²) in [7, 11) is -3.36. The van der Waals surface area contributed by atoms with Crippen molar-refractivity contribution in [2.24, 2.45) is 5.92 Å². The van der Waals surface area contributed by atoms with Crippen molar-refractivity contribution in [2.45, 2.75) is 70.6 Å². The van der Waals surface area contributed by atoms with E-state index in [1.54, 1.807) is 11.8 Å². The van der Waals surface area contributed by atoms with Crippen LogP contribution in [-0.4, -0.2) is 50.1 Å². The van der Waals surface area contributed by atoms with E-state index in [2.05, 4.69) is 9.97 Å². The molecule has 0 radical (unpaired) electrons. The van der Waals surface area contributed by atoms with E-state index in [9.17, 15) is 47.9 Å². The molecule has 0 saturated heterocycles. The summed E-state index contributed by atoms with van der Waals surface area (Å²) in [5, 5.41) is 0. The predicted molar refractivity (Wildman–Crippen MR) is 170 cm³/mol. The number of anilines is 2. The van der Waals surface area contributed by atoms with Gasteiger partial charge in [0.2, 0.25) is 5.95 Å². The number of ether oxygens (including phenoxy) is 1. The van der Waals surface area contributed by atoms with E-state index in [0.29, 0.717) is 30.8 Å². The van der Waals surface area contributed by atoms with Crippen molar-refractivity contribution in [1.82, 2.24) is 9.97 Å². The van der Waals surface area contributed by atoms with Gasteiger partial charge in [-0.3, -0.25) is 0 Å². The highest BCUT2D eigenvalue weighted by molar-refractivity contribution is 7.90. The summed E-state index contributed by atoms with van der Waals surface area (Å²) in [4.78, 5) is 11.5. The predicted octanol–water partition coefficient (Wildman–Crippen LogP) is 8.74. The van der Waals surface area contributed by atoms with E-state index in [1.165, 1.54) is 17.9 Å². The van der Waals surface area contributed by atoms with E-state index in [-0.39, 0.29) is 48.3 Å². The molecule has 0 N–H and O–H groups in total. The number of rotatable bonds is 13. The summed E-state index contributed by atoms with van der Waals surface area (Å²) in [6.45, 7) is 3.37. The van der Waals surface area contributed by atoms with Gasteiger partial charge in [0.05, 0.1) is 40.9 Å². The van der Waals surface area contributed by atoms with Crippen molar-refractivity contribution < 1.29 is 52.7 Å². The Morgan fingerprint density at radius 2 is 1.42 bits per heavy atom. The SMILES string of the molecule is CCN(CC1CCCC1)c1cc(C(F)(F)F)ccc1CN(c1ncc(OCCS(C)(=O)=O)cn1)C(C)c1cc(C(F)(F)F)cc(C(F)(F)F)c1. The number of benzene rings is 2. The number of aromatic nitrogens is 2. The third-order valence-corrected chi connectivity index (χ3v) is 9.49. The third kappa shape index (κ3) is 10.4. The minimum atomic E-state index is -5.12. The van der Waals surface area contributed by atoms with Gasteiger partial charge in [-0.15, -0.1) is 0 Å². The zero-order chi connectivity index (χ0) is 37.1. The first-order valence-electron chi connectivity index (χ1n) is 15.8. The molecule has 2 aromatic carbocycles. The minimum absolute atomic E-state index is 0.00973. The molecule has 50 heavy (non-hydrogen) atoms. The van der Waals surface area contributed by atoms with Crippen molar-refractivity contribution in [2.75, 3.05) is 41.5 Å². The van der Waals surface area contributed by atoms with Crippen LogP contribution in [0, 0.1) is 5.92 Å². The molecule has 0 bridgehead atoms. The Bertz CT molecular complexity index is 1680. The molecule has 1 saturated carbocycles. The maximum atomic E-state index is 13.9. The number of nitrogens with zero attached hydrogens (tertiary/aromatic N) is 4. The van der Waals surface area contributed by atoms with Crippen LogP contribution >= 0.6 is 0 Å². The normalized spacial score (nSPS) is 15.3. The molecule has 4 rings (SSSR count). The fourth-order valence-corrected chi connectivity index (χ4v) is 6.26. The maximum absolute atomic E-state index is 13.9. The first kappa shape index (κ1) is 39.0. The van der Waals surface area contributed by atoms with Gasteiger partial charge in [-0.1, -0.05) is 18.9 Å². The second kappa shape index (κ2) is 15.2. The molecule has 1 aliphatic carbocycles. The number of halogens is 9. The zero-order valence-electron chi connectivity index (χ0n) is 27.5. The highest BCUT2D eigenvalue weighted by Gasteiger charge is 2.38. The Morgan fingerprint density at radius 3 is 1.92 bits per heavy atom. The summed E-state index contributed by atoms with van der Waals surface area (Å²) in [5.74, 6) is -0.228. The molecule has 3 aromatic rings. The lowest BCUT2D eigenvalue weighted by Gasteiger charge is -2.34. The van der Waals surface area contributed by atoms with Crippen molar-refractivity contribution in [3.05, 3.63) is 76.6 Å². The average Bonchev–Trinajstić information content (AvgIpc) is 3.54. The molecule has 7 nitrogen and oxygen atoms in total. The number of alkyl halides is 9. The number of sulfone groups is 1. The minimum Gasteiger partial charge on any atom is -0.489 e. The lowest BCUT2D eigenvalue weighted by Crippen LogP contribution is -2.32. The maximum Gasteiger partial charge on any atom is 0.416 e. The molecule has 1 fully saturated rings. The van der Waals surface area contributed by atoms with Gasteiger partial charge >= 0.3 is 18.5 Å². The van der Waals surface area contributed by atoms with E-state index >= 15 is 0 Å². The largest absolute Gasteiger partial charge is 0.489 e. The molecule has 0 amide bonds. The monoisotopic (exact) mass is 740 g/mol. The summed E-state index contributed by atoms with van der Waals surface area (Å²) < 4.78 is 153. The van der Waals surface area contributed by atoms with E-state index in [0.717, 1.165) is 56.5 Å². The van der Waals surface area contributed by atoms with Crippen LogP contribution in [0.25, 0.3) is 0 Å². The van der Waals surface area contributed by atoms with Gasteiger partial charge in [0, 0.05) is 31.6 Å². The average molecular weight is 741 g/mol. The second-order valence-corrected chi connectivity index (χ2v) is 14.6. The highest BCUT2D eigenvalue weighted by Crippen LogP contribution is 2.41. The van der Waals surface area contributed by atoms with Crippen LogP contribution in [-0.2, 0) is 34.9 Å². The van der Waals surface area contributed by atoms with Crippen LogP contribution in [0.15, 0.2) is 48.8 Å². The van der Waals surface area contributed by atoms with Gasteiger partial charge in [-0.05, 0) is 74.1 Å². The second-order valence-electron chi connectivity index (χ2n) is 12.4. The molecule has 1 aliphatic rings. The summed E-state index contributed by atoms with van der Waals surface area (Å²) in [5.41, 5.74) is -3.85. The van der Waals surface area contributed by atoms with Crippen LogP contribution < -0.4 is 14.5 Å². The molecular formula is C33H37F9N4O3S. The van der Waals surface area contributed by atoms with E-state index in [4.69, 9.17) is 4.74 Å². The topological polar surface area (TPSA) is 75.6 Å². The molecule has 0 aliphatic heterocycles. The Labute approximate surface area is 284 Å². The van der Waals surface area contributed by atoms with Crippen molar-refractivity contribution >= 4 is 21.5 Å². The van der Waals surface area contributed by atoms with E-state index < -0.39 is 56.7 Å². The van der Waals surface area contributed by atoms with Gasteiger partial charge in [-0.25, -0.2) is 18.4 Å². The molecular weight excluding hydrogens is 703 g/mol.